The molecule has 2 aromatic rings. The highest BCUT2D eigenvalue weighted by Crippen LogP contribution is 2.22. The smallest absolute Gasteiger partial charge is 0.407 e. The van der Waals surface area contributed by atoms with Gasteiger partial charge in [0, 0.05) is 38.2 Å². The summed E-state index contributed by atoms with van der Waals surface area (Å²) in [6.45, 7) is 5.72. The number of amides is 5. The summed E-state index contributed by atoms with van der Waals surface area (Å²) in [7, 11) is 0. The molecular formula is C26H30N4O6. The van der Waals surface area contributed by atoms with E-state index in [1.807, 2.05) is 0 Å². The maximum Gasteiger partial charge on any atom is 0.407 e. The molecule has 0 spiro atoms. The second-order valence-electron chi connectivity index (χ2n) is 9.26. The van der Waals surface area contributed by atoms with Gasteiger partial charge in [0.1, 0.15) is 5.60 Å². The van der Waals surface area contributed by atoms with Gasteiger partial charge in [-0.1, -0.05) is 24.3 Å². The minimum absolute atomic E-state index is 0.00885. The molecule has 1 aliphatic heterocycles. The van der Waals surface area contributed by atoms with Crippen molar-refractivity contribution in [3.63, 3.8) is 0 Å². The second kappa shape index (κ2) is 11.5. The van der Waals surface area contributed by atoms with E-state index in [2.05, 4.69) is 16.0 Å². The average Bonchev–Trinajstić information content (AvgIpc) is 3.06. The van der Waals surface area contributed by atoms with E-state index in [0.29, 0.717) is 23.4 Å². The summed E-state index contributed by atoms with van der Waals surface area (Å²) in [5.41, 5.74) is 1.48. The highest BCUT2D eigenvalue weighted by Gasteiger charge is 2.34. The number of rotatable bonds is 9. The Morgan fingerprint density at radius 2 is 1.44 bits per heavy atom. The molecule has 0 aromatic heterocycles. The minimum atomic E-state index is -0.601. The van der Waals surface area contributed by atoms with Crippen LogP contribution in [0.4, 0.5) is 10.5 Å². The van der Waals surface area contributed by atoms with Gasteiger partial charge in [-0.3, -0.25) is 24.1 Å². The normalized spacial score (nSPS) is 12.7. The Bertz CT molecular complexity index is 1120. The molecular weight excluding hydrogens is 464 g/mol. The van der Waals surface area contributed by atoms with Crippen LogP contribution in [0.5, 0.6) is 0 Å². The number of hydrogen-bond donors (Lipinski definition) is 3. The van der Waals surface area contributed by atoms with Crippen molar-refractivity contribution in [3.8, 4) is 0 Å². The van der Waals surface area contributed by atoms with Crippen molar-refractivity contribution in [2.75, 3.05) is 18.4 Å². The molecule has 36 heavy (non-hydrogen) atoms. The molecule has 190 valence electrons. The third kappa shape index (κ3) is 7.39. The summed E-state index contributed by atoms with van der Waals surface area (Å²) in [6.07, 6.45) is -0.488. The van der Waals surface area contributed by atoms with Crippen LogP contribution >= 0.6 is 0 Å². The molecule has 0 saturated carbocycles. The number of anilines is 1. The van der Waals surface area contributed by atoms with Crippen LogP contribution < -0.4 is 16.0 Å². The van der Waals surface area contributed by atoms with Crippen molar-refractivity contribution >= 4 is 35.4 Å². The highest BCUT2D eigenvalue weighted by atomic mass is 16.6. The highest BCUT2D eigenvalue weighted by molar-refractivity contribution is 6.21. The van der Waals surface area contributed by atoms with E-state index in [1.54, 1.807) is 69.3 Å². The first kappa shape index (κ1) is 26.4. The maximum atomic E-state index is 12.4. The predicted molar refractivity (Wildman–Crippen MR) is 132 cm³/mol. The lowest BCUT2D eigenvalue weighted by atomic mass is 10.1. The summed E-state index contributed by atoms with van der Waals surface area (Å²) >= 11 is 0. The first-order valence-electron chi connectivity index (χ1n) is 11.6. The number of alkyl carbamates (subject to hydrolysis) is 1. The van der Waals surface area contributed by atoms with E-state index >= 15 is 0 Å². The van der Waals surface area contributed by atoms with E-state index in [9.17, 15) is 24.0 Å². The standard InChI is InChI=1S/C26H30N4O6/c1-26(2,3)36-25(35)27-14-12-21(31)28-16-17-8-10-18(11-9-17)29-22(32)13-15-30-23(33)19-6-4-5-7-20(19)24(30)34/h4-11H,12-16H2,1-3H3,(H,27,35)(H,28,31)(H,29,32). The Morgan fingerprint density at radius 3 is 2.03 bits per heavy atom. The zero-order valence-corrected chi connectivity index (χ0v) is 20.6. The fourth-order valence-electron chi connectivity index (χ4n) is 3.47. The van der Waals surface area contributed by atoms with Crippen LogP contribution in [0.1, 0.15) is 59.9 Å². The molecule has 10 heteroatoms. The summed E-state index contributed by atoms with van der Waals surface area (Å²) in [5.74, 6) is -1.34. The van der Waals surface area contributed by atoms with Crippen LogP contribution in [0.15, 0.2) is 48.5 Å². The Kier molecular flexibility index (Phi) is 8.42. The number of hydrogen-bond acceptors (Lipinski definition) is 6. The molecule has 2 aromatic carbocycles. The van der Waals surface area contributed by atoms with Crippen molar-refractivity contribution in [2.45, 2.75) is 45.8 Å². The second-order valence-corrected chi connectivity index (χ2v) is 9.26. The fraction of sp³-hybridized carbons (Fsp3) is 0.346. The molecule has 0 bridgehead atoms. The third-order valence-corrected chi connectivity index (χ3v) is 5.19. The van der Waals surface area contributed by atoms with Gasteiger partial charge in [0.05, 0.1) is 11.1 Å². The number of carbonyl (C=O) groups is 5. The van der Waals surface area contributed by atoms with Gasteiger partial charge in [-0.05, 0) is 50.6 Å². The Morgan fingerprint density at radius 1 is 0.833 bits per heavy atom. The Hall–Kier alpha value is -4.21. The molecule has 0 fully saturated rings. The molecule has 5 amide bonds. The Balaban J connectivity index is 1.37. The number of ether oxygens (including phenoxy) is 1. The number of fused-ring (bicyclic) bond motifs is 1. The first-order chi connectivity index (χ1) is 17.0. The zero-order valence-electron chi connectivity index (χ0n) is 20.6. The van der Waals surface area contributed by atoms with Crippen LogP contribution in [-0.2, 0) is 20.9 Å². The van der Waals surface area contributed by atoms with Gasteiger partial charge >= 0.3 is 6.09 Å². The fourth-order valence-corrected chi connectivity index (χ4v) is 3.47. The lowest BCUT2D eigenvalue weighted by molar-refractivity contribution is -0.121. The van der Waals surface area contributed by atoms with Crippen molar-refractivity contribution in [1.82, 2.24) is 15.5 Å². The molecule has 10 nitrogen and oxygen atoms in total. The van der Waals surface area contributed by atoms with Crippen molar-refractivity contribution in [2.24, 2.45) is 0 Å². The van der Waals surface area contributed by atoms with Gasteiger partial charge in [0.2, 0.25) is 11.8 Å². The number of nitrogens with one attached hydrogen (secondary N) is 3. The minimum Gasteiger partial charge on any atom is -0.444 e. The molecule has 0 aliphatic carbocycles. The van der Waals surface area contributed by atoms with Gasteiger partial charge in [0.25, 0.3) is 11.8 Å². The third-order valence-electron chi connectivity index (χ3n) is 5.19. The summed E-state index contributed by atoms with van der Waals surface area (Å²) < 4.78 is 5.11. The number of benzene rings is 2. The van der Waals surface area contributed by atoms with Gasteiger partial charge in [0.15, 0.2) is 0 Å². The van der Waals surface area contributed by atoms with Crippen LogP contribution in [0.25, 0.3) is 0 Å². The zero-order chi connectivity index (χ0) is 26.3. The van der Waals surface area contributed by atoms with E-state index in [-0.39, 0.29) is 37.7 Å². The van der Waals surface area contributed by atoms with E-state index in [1.165, 1.54) is 0 Å². The topological polar surface area (TPSA) is 134 Å². The van der Waals surface area contributed by atoms with E-state index in [4.69, 9.17) is 4.74 Å². The van der Waals surface area contributed by atoms with Crippen molar-refractivity contribution in [3.05, 3.63) is 65.2 Å². The summed E-state index contributed by atoms with van der Waals surface area (Å²) in [4.78, 5) is 61.7. The van der Waals surface area contributed by atoms with Gasteiger partial charge in [-0.2, -0.15) is 0 Å². The summed E-state index contributed by atoms with van der Waals surface area (Å²) in [5, 5.41) is 8.03. The van der Waals surface area contributed by atoms with Gasteiger partial charge in [-0.15, -0.1) is 0 Å². The maximum absolute atomic E-state index is 12.4. The van der Waals surface area contributed by atoms with Gasteiger partial charge in [-0.25, -0.2) is 4.79 Å². The largest absolute Gasteiger partial charge is 0.444 e. The van der Waals surface area contributed by atoms with Crippen LogP contribution in [-0.4, -0.2) is 53.3 Å². The molecule has 3 N–H and O–H groups in total. The first-order valence-corrected chi connectivity index (χ1v) is 11.6. The molecule has 0 unspecified atom stereocenters. The molecule has 0 saturated heterocycles. The molecule has 1 aliphatic rings. The lowest BCUT2D eigenvalue weighted by Crippen LogP contribution is -2.35. The van der Waals surface area contributed by atoms with Crippen molar-refractivity contribution in [1.29, 1.82) is 0 Å². The van der Waals surface area contributed by atoms with Crippen LogP contribution in [0.2, 0.25) is 0 Å². The summed E-state index contributed by atoms with van der Waals surface area (Å²) in [6, 6.07) is 13.5. The molecule has 0 radical (unpaired) electrons. The van der Waals surface area contributed by atoms with Crippen LogP contribution in [0, 0.1) is 0 Å². The Labute approximate surface area is 209 Å². The quantitative estimate of drug-likeness (QED) is 0.459. The SMILES string of the molecule is CC(C)(C)OC(=O)NCCC(=O)NCc1ccc(NC(=O)CCN2C(=O)c3ccccc3C2=O)cc1. The number of imide groups is 1. The van der Waals surface area contributed by atoms with E-state index < -0.39 is 23.5 Å². The molecule has 3 rings (SSSR count). The predicted octanol–water partition coefficient (Wildman–Crippen LogP) is 2.84. The average molecular weight is 495 g/mol. The molecule has 0 atom stereocenters. The van der Waals surface area contributed by atoms with Crippen LogP contribution in [0.3, 0.4) is 0 Å². The lowest BCUT2D eigenvalue weighted by Gasteiger charge is -2.19. The molecule has 1 heterocycles. The number of nitrogens with zero attached hydrogens (tertiary/aromatic N) is 1. The number of carbonyl (C=O) groups excluding carboxylic acids is 5. The monoisotopic (exact) mass is 494 g/mol. The van der Waals surface area contributed by atoms with E-state index in [0.717, 1.165) is 10.5 Å². The van der Waals surface area contributed by atoms with Crippen molar-refractivity contribution < 1.29 is 28.7 Å². The van der Waals surface area contributed by atoms with Gasteiger partial charge < -0.3 is 20.7 Å².